The lowest BCUT2D eigenvalue weighted by Gasteiger charge is -2.20. The number of aromatic nitrogens is 1. The smallest absolute Gasteiger partial charge is 0.148 e. The van der Waals surface area contributed by atoms with E-state index in [0.29, 0.717) is 22.4 Å². The highest BCUT2D eigenvalue weighted by Gasteiger charge is 2.27. The van der Waals surface area contributed by atoms with Gasteiger partial charge in [0.15, 0.2) is 0 Å². The Kier molecular flexibility index (Phi) is 3.54. The third-order valence-corrected chi connectivity index (χ3v) is 3.83. The van der Waals surface area contributed by atoms with Crippen LogP contribution >= 0.6 is 11.6 Å². The van der Waals surface area contributed by atoms with Gasteiger partial charge in [0.1, 0.15) is 16.9 Å². The fourth-order valence-corrected chi connectivity index (χ4v) is 2.54. The molecule has 1 saturated heterocycles. The minimum Gasteiger partial charge on any atom is -0.355 e. The van der Waals surface area contributed by atoms with E-state index in [2.05, 4.69) is 29.8 Å². The second kappa shape index (κ2) is 4.93. The highest BCUT2D eigenvalue weighted by Crippen LogP contribution is 2.32. The van der Waals surface area contributed by atoms with Crippen LogP contribution in [0.4, 0.5) is 5.82 Å². The van der Waals surface area contributed by atoms with Crippen molar-refractivity contribution in [2.75, 3.05) is 18.0 Å². The number of halogens is 1. The van der Waals surface area contributed by atoms with Gasteiger partial charge in [0.2, 0.25) is 0 Å². The molecule has 0 bridgehead atoms. The highest BCUT2D eigenvalue weighted by molar-refractivity contribution is 6.34. The van der Waals surface area contributed by atoms with Gasteiger partial charge in [-0.15, -0.1) is 0 Å². The summed E-state index contributed by atoms with van der Waals surface area (Å²) in [7, 11) is 0. The third kappa shape index (κ3) is 2.37. The number of nitrogens with zero attached hydrogens (tertiary/aromatic N) is 3. The summed E-state index contributed by atoms with van der Waals surface area (Å²) in [6, 6.07) is 3.75. The molecule has 1 fully saturated rings. The zero-order valence-electron chi connectivity index (χ0n) is 10.2. The monoisotopic (exact) mass is 249 g/mol. The molecule has 1 aromatic heterocycles. The molecule has 1 atom stereocenters. The SMILES string of the molecule is CC(C)C1CCN(c2nccc(C#N)c2Cl)C1. The molecule has 1 aliphatic rings. The van der Waals surface area contributed by atoms with E-state index in [1.54, 1.807) is 12.3 Å². The van der Waals surface area contributed by atoms with Crippen LogP contribution in [0.1, 0.15) is 25.8 Å². The van der Waals surface area contributed by atoms with E-state index in [9.17, 15) is 0 Å². The quantitative estimate of drug-likeness (QED) is 0.809. The Morgan fingerprint density at radius 3 is 2.94 bits per heavy atom. The number of hydrogen-bond acceptors (Lipinski definition) is 3. The van der Waals surface area contributed by atoms with Crippen molar-refractivity contribution in [1.82, 2.24) is 4.98 Å². The molecule has 1 unspecified atom stereocenters. The van der Waals surface area contributed by atoms with Crippen molar-refractivity contribution in [2.45, 2.75) is 20.3 Å². The van der Waals surface area contributed by atoms with Crippen LogP contribution in [0.3, 0.4) is 0 Å². The van der Waals surface area contributed by atoms with Crippen molar-refractivity contribution in [1.29, 1.82) is 5.26 Å². The summed E-state index contributed by atoms with van der Waals surface area (Å²) in [4.78, 5) is 6.49. The first-order valence-corrected chi connectivity index (χ1v) is 6.30. The second-order valence-corrected chi connectivity index (χ2v) is 5.22. The lowest BCUT2D eigenvalue weighted by Crippen LogP contribution is -2.22. The highest BCUT2D eigenvalue weighted by atomic mass is 35.5. The Bertz CT molecular complexity index is 450. The van der Waals surface area contributed by atoms with Crippen molar-refractivity contribution in [3.8, 4) is 6.07 Å². The first-order chi connectivity index (χ1) is 8.13. The van der Waals surface area contributed by atoms with Crippen molar-refractivity contribution in [3.05, 3.63) is 22.8 Å². The Morgan fingerprint density at radius 1 is 1.59 bits per heavy atom. The fourth-order valence-electron chi connectivity index (χ4n) is 2.26. The van der Waals surface area contributed by atoms with Gasteiger partial charge < -0.3 is 4.90 Å². The summed E-state index contributed by atoms with van der Waals surface area (Å²) >= 11 is 6.19. The minimum atomic E-state index is 0.486. The van der Waals surface area contributed by atoms with Crippen LogP contribution in [0.15, 0.2) is 12.3 Å². The van der Waals surface area contributed by atoms with Crippen molar-refractivity contribution in [3.63, 3.8) is 0 Å². The van der Waals surface area contributed by atoms with Gasteiger partial charge in [-0.05, 0) is 24.3 Å². The standard InChI is InChI=1S/C13H16ClN3/c1-9(2)11-4-6-17(8-11)13-12(14)10(7-15)3-5-16-13/h3,5,9,11H,4,6,8H2,1-2H3. The number of hydrogen-bond donors (Lipinski definition) is 0. The molecule has 90 valence electrons. The molecule has 4 heteroatoms. The van der Waals surface area contributed by atoms with Crippen LogP contribution in [-0.4, -0.2) is 18.1 Å². The van der Waals surface area contributed by atoms with E-state index in [4.69, 9.17) is 16.9 Å². The van der Waals surface area contributed by atoms with Gasteiger partial charge in [0, 0.05) is 19.3 Å². The van der Waals surface area contributed by atoms with Crippen molar-refractivity contribution < 1.29 is 0 Å². The zero-order valence-corrected chi connectivity index (χ0v) is 10.9. The second-order valence-electron chi connectivity index (χ2n) is 4.85. The van der Waals surface area contributed by atoms with Crippen LogP contribution in [0, 0.1) is 23.2 Å². The van der Waals surface area contributed by atoms with Crippen LogP contribution in [-0.2, 0) is 0 Å². The molecule has 0 N–H and O–H groups in total. The van der Waals surface area contributed by atoms with Crippen molar-refractivity contribution in [2.24, 2.45) is 11.8 Å². The third-order valence-electron chi connectivity index (χ3n) is 3.46. The van der Waals surface area contributed by atoms with E-state index in [0.717, 1.165) is 18.9 Å². The molecule has 2 heterocycles. The molecule has 0 amide bonds. The number of nitriles is 1. The summed E-state index contributed by atoms with van der Waals surface area (Å²) in [5, 5.41) is 9.43. The molecule has 0 saturated carbocycles. The largest absolute Gasteiger partial charge is 0.355 e. The van der Waals surface area contributed by atoms with Gasteiger partial charge in [0.05, 0.1) is 5.56 Å². The van der Waals surface area contributed by atoms with Gasteiger partial charge in [0.25, 0.3) is 0 Å². The maximum atomic E-state index is 8.95. The Morgan fingerprint density at radius 2 is 2.35 bits per heavy atom. The average Bonchev–Trinajstić information content (AvgIpc) is 2.78. The fraction of sp³-hybridized carbons (Fsp3) is 0.538. The molecular formula is C13H16ClN3. The molecule has 2 rings (SSSR count). The van der Waals surface area contributed by atoms with Crippen LogP contribution in [0.2, 0.25) is 5.02 Å². The Labute approximate surface area is 107 Å². The predicted molar refractivity (Wildman–Crippen MR) is 69.1 cm³/mol. The van der Waals surface area contributed by atoms with Gasteiger partial charge in [-0.1, -0.05) is 25.4 Å². The molecule has 0 aliphatic carbocycles. The van der Waals surface area contributed by atoms with Crippen molar-refractivity contribution >= 4 is 17.4 Å². The normalized spacial score (nSPS) is 19.7. The minimum absolute atomic E-state index is 0.486. The lowest BCUT2D eigenvalue weighted by atomic mass is 9.95. The number of anilines is 1. The Balaban J connectivity index is 2.23. The molecular weight excluding hydrogens is 234 g/mol. The van der Waals surface area contributed by atoms with E-state index in [-0.39, 0.29) is 0 Å². The number of rotatable bonds is 2. The summed E-state index contributed by atoms with van der Waals surface area (Å²) in [6.07, 6.45) is 2.83. The number of pyridine rings is 1. The van der Waals surface area contributed by atoms with E-state index < -0.39 is 0 Å². The molecule has 0 aromatic carbocycles. The first kappa shape index (κ1) is 12.2. The van der Waals surface area contributed by atoms with Crippen LogP contribution < -0.4 is 4.90 Å². The summed E-state index contributed by atoms with van der Waals surface area (Å²) in [5.41, 5.74) is 0.504. The van der Waals surface area contributed by atoms with Gasteiger partial charge in [-0.25, -0.2) is 4.98 Å². The van der Waals surface area contributed by atoms with E-state index in [1.807, 2.05) is 0 Å². The molecule has 1 aliphatic heterocycles. The van der Waals surface area contributed by atoms with Gasteiger partial charge in [-0.2, -0.15) is 5.26 Å². The topological polar surface area (TPSA) is 39.9 Å². The summed E-state index contributed by atoms with van der Waals surface area (Å²) < 4.78 is 0. The average molecular weight is 250 g/mol. The summed E-state index contributed by atoms with van der Waals surface area (Å²) in [5.74, 6) is 2.13. The Hall–Kier alpha value is -1.27. The molecule has 0 spiro atoms. The molecule has 0 radical (unpaired) electrons. The van der Waals surface area contributed by atoms with Gasteiger partial charge in [-0.3, -0.25) is 0 Å². The van der Waals surface area contributed by atoms with Gasteiger partial charge >= 0.3 is 0 Å². The molecule has 1 aromatic rings. The maximum absolute atomic E-state index is 8.95. The predicted octanol–water partition coefficient (Wildman–Crippen LogP) is 3.09. The van der Waals surface area contributed by atoms with Crippen LogP contribution in [0.25, 0.3) is 0 Å². The maximum Gasteiger partial charge on any atom is 0.148 e. The van der Waals surface area contributed by atoms with E-state index >= 15 is 0 Å². The lowest BCUT2D eigenvalue weighted by molar-refractivity contribution is 0.422. The zero-order chi connectivity index (χ0) is 12.4. The first-order valence-electron chi connectivity index (χ1n) is 5.93. The van der Waals surface area contributed by atoms with E-state index in [1.165, 1.54) is 6.42 Å². The summed E-state index contributed by atoms with van der Waals surface area (Å²) in [6.45, 7) is 6.45. The molecule has 3 nitrogen and oxygen atoms in total. The molecule has 17 heavy (non-hydrogen) atoms. The van der Waals surface area contributed by atoms with Crippen LogP contribution in [0.5, 0.6) is 0 Å².